The number of hydrogen-bond donors (Lipinski definition) is 1. The first kappa shape index (κ1) is 13.1. The van der Waals surface area contributed by atoms with Crippen molar-refractivity contribution in [1.29, 1.82) is 0 Å². The molecule has 2 rings (SSSR count). The van der Waals surface area contributed by atoms with E-state index in [0.717, 1.165) is 29.8 Å². The van der Waals surface area contributed by atoms with Crippen molar-refractivity contribution in [3.63, 3.8) is 0 Å². The topological polar surface area (TPSA) is 37.8 Å². The molecule has 1 aromatic heterocycles. The fraction of sp³-hybridized carbons (Fsp3) is 0.833. The SMILES string of the molecule is CCc1nsc(NCC2(CCl)CCCCC2)n1. The van der Waals surface area contributed by atoms with Crippen molar-refractivity contribution >= 4 is 28.3 Å². The molecule has 0 bridgehead atoms. The summed E-state index contributed by atoms with van der Waals surface area (Å²) in [5, 5.41) is 4.36. The highest BCUT2D eigenvalue weighted by molar-refractivity contribution is 7.09. The third-order valence-corrected chi connectivity index (χ3v) is 4.87. The quantitative estimate of drug-likeness (QED) is 0.832. The number of hydrogen-bond acceptors (Lipinski definition) is 4. The molecule has 1 aliphatic rings. The molecule has 96 valence electrons. The first-order chi connectivity index (χ1) is 8.28. The average Bonchev–Trinajstić information content (AvgIpc) is 2.85. The van der Waals surface area contributed by atoms with Crippen LogP contribution in [-0.2, 0) is 6.42 Å². The Morgan fingerprint density at radius 3 is 2.71 bits per heavy atom. The fourth-order valence-corrected chi connectivity index (χ4v) is 3.40. The number of aryl methyl sites for hydroxylation is 1. The molecule has 0 atom stereocenters. The lowest BCUT2D eigenvalue weighted by Crippen LogP contribution is -2.33. The molecule has 0 aliphatic heterocycles. The maximum atomic E-state index is 6.16. The fourth-order valence-electron chi connectivity index (χ4n) is 2.39. The van der Waals surface area contributed by atoms with Gasteiger partial charge in [-0.05, 0) is 12.8 Å². The highest BCUT2D eigenvalue weighted by Gasteiger charge is 2.31. The summed E-state index contributed by atoms with van der Waals surface area (Å²) in [6.07, 6.45) is 7.36. The predicted molar refractivity (Wildman–Crippen MR) is 74.0 cm³/mol. The van der Waals surface area contributed by atoms with Gasteiger partial charge in [0.15, 0.2) is 0 Å². The third-order valence-electron chi connectivity index (χ3n) is 3.60. The molecule has 17 heavy (non-hydrogen) atoms. The van der Waals surface area contributed by atoms with Crippen molar-refractivity contribution in [2.24, 2.45) is 5.41 Å². The van der Waals surface area contributed by atoms with E-state index < -0.39 is 0 Å². The van der Waals surface area contributed by atoms with Gasteiger partial charge in [0.25, 0.3) is 0 Å². The van der Waals surface area contributed by atoms with Gasteiger partial charge in [-0.2, -0.15) is 4.37 Å². The van der Waals surface area contributed by atoms with Crippen LogP contribution in [-0.4, -0.2) is 21.8 Å². The minimum atomic E-state index is 0.276. The van der Waals surface area contributed by atoms with Crippen molar-refractivity contribution in [3.05, 3.63) is 5.82 Å². The molecule has 1 saturated carbocycles. The molecule has 1 N–H and O–H groups in total. The number of anilines is 1. The van der Waals surface area contributed by atoms with Crippen LogP contribution in [0.1, 0.15) is 44.9 Å². The minimum Gasteiger partial charge on any atom is -0.360 e. The number of halogens is 1. The lowest BCUT2D eigenvalue weighted by Gasteiger charge is -2.35. The van der Waals surface area contributed by atoms with Gasteiger partial charge in [-0.25, -0.2) is 4.98 Å². The summed E-state index contributed by atoms with van der Waals surface area (Å²) in [5.41, 5.74) is 0.276. The Labute approximate surface area is 112 Å². The predicted octanol–water partition coefficient (Wildman–Crippen LogP) is 3.70. The Balaban J connectivity index is 1.90. The van der Waals surface area contributed by atoms with E-state index >= 15 is 0 Å². The molecule has 0 amide bonds. The van der Waals surface area contributed by atoms with Gasteiger partial charge in [-0.3, -0.25) is 0 Å². The van der Waals surface area contributed by atoms with Crippen molar-refractivity contribution in [2.45, 2.75) is 45.4 Å². The van der Waals surface area contributed by atoms with E-state index in [0.29, 0.717) is 0 Å². The lowest BCUT2D eigenvalue weighted by atomic mass is 9.75. The maximum Gasteiger partial charge on any atom is 0.202 e. The lowest BCUT2D eigenvalue weighted by molar-refractivity contribution is 0.238. The zero-order chi connectivity index (χ0) is 12.1. The second-order valence-corrected chi connectivity index (χ2v) is 5.94. The van der Waals surface area contributed by atoms with Crippen LogP contribution in [0.5, 0.6) is 0 Å². The third kappa shape index (κ3) is 3.32. The summed E-state index contributed by atoms with van der Waals surface area (Å²) in [7, 11) is 0. The number of nitrogens with one attached hydrogen (secondary N) is 1. The second-order valence-electron chi connectivity index (χ2n) is 4.92. The molecular weight excluding hydrogens is 254 g/mol. The molecule has 0 saturated heterocycles. The van der Waals surface area contributed by atoms with E-state index in [1.807, 2.05) is 0 Å². The molecule has 0 aromatic carbocycles. The van der Waals surface area contributed by atoms with Gasteiger partial charge >= 0.3 is 0 Å². The van der Waals surface area contributed by atoms with E-state index in [2.05, 4.69) is 21.6 Å². The molecule has 5 heteroatoms. The van der Waals surface area contributed by atoms with Crippen molar-refractivity contribution in [3.8, 4) is 0 Å². The van der Waals surface area contributed by atoms with Crippen LogP contribution in [0.25, 0.3) is 0 Å². The van der Waals surface area contributed by atoms with Crippen LogP contribution in [0.4, 0.5) is 5.13 Å². The van der Waals surface area contributed by atoms with Gasteiger partial charge < -0.3 is 5.32 Å². The monoisotopic (exact) mass is 273 g/mol. The van der Waals surface area contributed by atoms with Crippen LogP contribution >= 0.6 is 23.1 Å². The Hall–Kier alpha value is -0.350. The van der Waals surface area contributed by atoms with Crippen LogP contribution < -0.4 is 5.32 Å². The summed E-state index contributed by atoms with van der Waals surface area (Å²) in [6.45, 7) is 3.02. The molecule has 1 fully saturated rings. The zero-order valence-electron chi connectivity index (χ0n) is 10.3. The van der Waals surface area contributed by atoms with Gasteiger partial charge in [0.2, 0.25) is 5.13 Å². The van der Waals surface area contributed by atoms with Crippen molar-refractivity contribution in [1.82, 2.24) is 9.36 Å². The summed E-state index contributed by atoms with van der Waals surface area (Å²) in [6, 6.07) is 0. The average molecular weight is 274 g/mol. The van der Waals surface area contributed by atoms with Gasteiger partial charge in [0, 0.05) is 35.8 Å². The van der Waals surface area contributed by atoms with Crippen molar-refractivity contribution in [2.75, 3.05) is 17.7 Å². The normalized spacial score (nSPS) is 19.2. The molecule has 0 unspecified atom stereocenters. The largest absolute Gasteiger partial charge is 0.360 e. The number of rotatable bonds is 5. The molecule has 0 spiro atoms. The van der Waals surface area contributed by atoms with Gasteiger partial charge in [0.1, 0.15) is 5.82 Å². The summed E-state index contributed by atoms with van der Waals surface area (Å²) in [5.74, 6) is 1.68. The van der Waals surface area contributed by atoms with E-state index in [4.69, 9.17) is 11.6 Å². The van der Waals surface area contributed by atoms with E-state index in [1.54, 1.807) is 0 Å². The highest BCUT2D eigenvalue weighted by Crippen LogP contribution is 2.37. The van der Waals surface area contributed by atoms with Crippen LogP contribution in [0.3, 0.4) is 0 Å². The van der Waals surface area contributed by atoms with Crippen LogP contribution in [0.2, 0.25) is 0 Å². The highest BCUT2D eigenvalue weighted by atomic mass is 35.5. The van der Waals surface area contributed by atoms with Gasteiger partial charge in [-0.15, -0.1) is 11.6 Å². The number of aromatic nitrogens is 2. The van der Waals surface area contributed by atoms with Gasteiger partial charge in [-0.1, -0.05) is 26.2 Å². The van der Waals surface area contributed by atoms with Crippen LogP contribution in [0, 0.1) is 5.41 Å². The summed E-state index contributed by atoms with van der Waals surface area (Å²) in [4.78, 5) is 4.43. The maximum absolute atomic E-state index is 6.16. The Bertz CT molecular complexity index is 347. The molecule has 0 radical (unpaired) electrons. The van der Waals surface area contributed by atoms with Crippen LogP contribution in [0.15, 0.2) is 0 Å². The first-order valence-corrected chi connectivity index (χ1v) is 7.71. The van der Waals surface area contributed by atoms with Gasteiger partial charge in [0.05, 0.1) is 0 Å². The van der Waals surface area contributed by atoms with Crippen molar-refractivity contribution < 1.29 is 0 Å². The zero-order valence-corrected chi connectivity index (χ0v) is 11.9. The minimum absolute atomic E-state index is 0.276. The smallest absolute Gasteiger partial charge is 0.202 e. The number of nitrogens with zero attached hydrogens (tertiary/aromatic N) is 2. The Morgan fingerprint density at radius 2 is 2.12 bits per heavy atom. The molecular formula is C12H20ClN3S. The Morgan fingerprint density at radius 1 is 1.35 bits per heavy atom. The standard InChI is InChI=1S/C12H20ClN3S/c1-2-10-15-11(17-16-10)14-9-12(8-13)6-4-3-5-7-12/h2-9H2,1H3,(H,14,15,16). The Kier molecular flexibility index (Phi) is 4.62. The second kappa shape index (κ2) is 6.01. The summed E-state index contributed by atoms with van der Waals surface area (Å²) < 4.78 is 4.28. The van der Waals surface area contributed by atoms with E-state index in [-0.39, 0.29) is 5.41 Å². The van der Waals surface area contributed by atoms with E-state index in [1.165, 1.54) is 43.6 Å². The molecule has 1 aliphatic carbocycles. The molecule has 1 aromatic rings. The van der Waals surface area contributed by atoms with E-state index in [9.17, 15) is 0 Å². The molecule has 1 heterocycles. The number of alkyl halides is 1. The summed E-state index contributed by atoms with van der Waals surface area (Å²) >= 11 is 7.62. The first-order valence-electron chi connectivity index (χ1n) is 6.40. The molecule has 3 nitrogen and oxygen atoms in total.